The van der Waals surface area contributed by atoms with Crippen LogP contribution in [0.5, 0.6) is 0 Å². The maximum Gasteiger partial charge on any atom is 0.0948 e. The average Bonchev–Trinajstić information content (AvgIpc) is 2.92. The molecule has 0 aliphatic carbocycles. The van der Waals surface area contributed by atoms with Crippen molar-refractivity contribution >= 4 is 0 Å². The van der Waals surface area contributed by atoms with E-state index in [0.717, 1.165) is 19.6 Å². The van der Waals surface area contributed by atoms with E-state index in [4.69, 9.17) is 0 Å². The van der Waals surface area contributed by atoms with E-state index in [1.165, 1.54) is 44.5 Å². The molecule has 118 valence electrons. The first-order chi connectivity index (χ1) is 10.0. The fourth-order valence-electron chi connectivity index (χ4n) is 3.91. The van der Waals surface area contributed by atoms with Gasteiger partial charge in [0.2, 0.25) is 0 Å². The zero-order valence-electron chi connectivity index (χ0n) is 13.9. The van der Waals surface area contributed by atoms with Crippen molar-refractivity contribution in [2.45, 2.75) is 51.5 Å². The molecule has 3 heterocycles. The van der Waals surface area contributed by atoms with Gasteiger partial charge in [0.15, 0.2) is 0 Å². The summed E-state index contributed by atoms with van der Waals surface area (Å²) in [5, 5.41) is 3.48. The molecule has 0 aromatic carbocycles. The van der Waals surface area contributed by atoms with Crippen LogP contribution in [0.1, 0.15) is 45.2 Å². The first kappa shape index (κ1) is 15.0. The maximum atomic E-state index is 4.49. The third kappa shape index (κ3) is 3.16. The zero-order valence-corrected chi connectivity index (χ0v) is 13.9. The summed E-state index contributed by atoms with van der Waals surface area (Å²) in [6.07, 6.45) is 9.20. The summed E-state index contributed by atoms with van der Waals surface area (Å²) >= 11 is 0. The summed E-state index contributed by atoms with van der Waals surface area (Å²) in [7, 11) is 2.23. The van der Waals surface area contributed by atoms with Crippen molar-refractivity contribution in [3.63, 3.8) is 0 Å². The summed E-state index contributed by atoms with van der Waals surface area (Å²) in [6, 6.07) is 0. The number of likely N-dealkylation sites (tertiary alicyclic amines) is 1. The Kier molecular flexibility index (Phi) is 4.10. The quantitative estimate of drug-likeness (QED) is 0.927. The highest BCUT2D eigenvalue weighted by Gasteiger charge is 2.34. The molecule has 1 aromatic heterocycles. The minimum Gasteiger partial charge on any atom is -0.334 e. The Morgan fingerprint density at radius 3 is 2.48 bits per heavy atom. The van der Waals surface area contributed by atoms with Crippen LogP contribution in [0.2, 0.25) is 0 Å². The normalized spacial score (nSPS) is 25.9. The van der Waals surface area contributed by atoms with Gasteiger partial charge in [-0.1, -0.05) is 13.8 Å². The van der Waals surface area contributed by atoms with Crippen molar-refractivity contribution in [1.29, 1.82) is 0 Å². The third-order valence-corrected chi connectivity index (χ3v) is 5.78. The second-order valence-electron chi connectivity index (χ2n) is 7.83. The lowest BCUT2D eigenvalue weighted by Gasteiger charge is -2.40. The average molecular weight is 290 g/mol. The van der Waals surface area contributed by atoms with Gasteiger partial charge in [-0.25, -0.2) is 4.98 Å². The predicted molar refractivity (Wildman–Crippen MR) is 86.5 cm³/mol. The van der Waals surface area contributed by atoms with Crippen molar-refractivity contribution in [2.75, 3.05) is 33.2 Å². The number of aromatic nitrogens is 2. The Morgan fingerprint density at radius 1 is 1.14 bits per heavy atom. The minimum atomic E-state index is 0.295. The van der Waals surface area contributed by atoms with Gasteiger partial charge in [0.1, 0.15) is 0 Å². The van der Waals surface area contributed by atoms with Crippen LogP contribution in [-0.2, 0) is 12.0 Å². The lowest BCUT2D eigenvalue weighted by Crippen LogP contribution is -2.41. The number of nitrogens with zero attached hydrogens (tertiary/aromatic N) is 3. The summed E-state index contributed by atoms with van der Waals surface area (Å²) in [5.74, 6) is 0. The van der Waals surface area contributed by atoms with Crippen molar-refractivity contribution in [3.8, 4) is 0 Å². The molecule has 0 atom stereocenters. The largest absolute Gasteiger partial charge is 0.334 e. The van der Waals surface area contributed by atoms with E-state index >= 15 is 0 Å². The van der Waals surface area contributed by atoms with Gasteiger partial charge in [-0.15, -0.1) is 0 Å². The van der Waals surface area contributed by atoms with E-state index in [0.29, 0.717) is 10.8 Å². The molecular weight excluding hydrogens is 260 g/mol. The van der Waals surface area contributed by atoms with E-state index in [9.17, 15) is 0 Å². The summed E-state index contributed by atoms with van der Waals surface area (Å²) in [5.41, 5.74) is 2.17. The Morgan fingerprint density at radius 2 is 1.81 bits per heavy atom. The number of piperidine rings is 2. The van der Waals surface area contributed by atoms with E-state index in [1.807, 2.05) is 0 Å². The molecule has 0 saturated carbocycles. The fourth-order valence-corrected chi connectivity index (χ4v) is 3.91. The number of hydrogen-bond donors (Lipinski definition) is 1. The molecule has 1 N–H and O–H groups in total. The van der Waals surface area contributed by atoms with E-state index in [1.54, 1.807) is 0 Å². The number of hydrogen-bond acceptors (Lipinski definition) is 3. The van der Waals surface area contributed by atoms with Crippen LogP contribution in [0.15, 0.2) is 12.5 Å². The zero-order chi connectivity index (χ0) is 14.9. The van der Waals surface area contributed by atoms with E-state index < -0.39 is 0 Å². The Balaban J connectivity index is 1.76. The molecule has 0 bridgehead atoms. The van der Waals surface area contributed by atoms with Crippen molar-refractivity contribution in [3.05, 3.63) is 18.2 Å². The summed E-state index contributed by atoms with van der Waals surface area (Å²) in [6.45, 7) is 10.7. The lowest BCUT2D eigenvalue weighted by atomic mass is 9.77. The minimum absolute atomic E-state index is 0.295. The van der Waals surface area contributed by atoms with Crippen LogP contribution < -0.4 is 5.32 Å². The van der Waals surface area contributed by atoms with Gasteiger partial charge in [-0.05, 0) is 64.3 Å². The second kappa shape index (κ2) is 5.73. The highest BCUT2D eigenvalue weighted by Crippen LogP contribution is 2.36. The Labute approximate surface area is 128 Å². The van der Waals surface area contributed by atoms with Crippen LogP contribution in [0, 0.1) is 5.41 Å². The maximum absolute atomic E-state index is 4.49. The van der Waals surface area contributed by atoms with Gasteiger partial charge in [-0.3, -0.25) is 0 Å². The molecule has 1 aromatic rings. The molecule has 0 spiro atoms. The van der Waals surface area contributed by atoms with E-state index in [-0.39, 0.29) is 0 Å². The topological polar surface area (TPSA) is 33.1 Å². The van der Waals surface area contributed by atoms with Crippen molar-refractivity contribution < 1.29 is 0 Å². The molecule has 4 nitrogen and oxygen atoms in total. The molecule has 21 heavy (non-hydrogen) atoms. The molecule has 3 rings (SSSR count). The van der Waals surface area contributed by atoms with Crippen molar-refractivity contribution in [2.24, 2.45) is 5.41 Å². The molecule has 2 aliphatic heterocycles. The fraction of sp³-hybridized carbons (Fsp3) is 0.824. The highest BCUT2D eigenvalue weighted by atomic mass is 15.1. The number of imidazole rings is 1. The third-order valence-electron chi connectivity index (χ3n) is 5.78. The van der Waals surface area contributed by atoms with E-state index in [2.05, 4.69) is 53.2 Å². The van der Waals surface area contributed by atoms with Crippen LogP contribution in [-0.4, -0.2) is 47.7 Å². The Hall–Kier alpha value is -0.870. The Bertz CT molecular complexity index is 465. The molecular formula is C17H30N4. The molecule has 2 fully saturated rings. The molecule has 0 unspecified atom stereocenters. The summed E-state index contributed by atoms with van der Waals surface area (Å²) < 4.78 is 2.46. The molecule has 2 aliphatic rings. The van der Waals surface area contributed by atoms with Gasteiger partial charge in [0.05, 0.1) is 6.33 Å². The lowest BCUT2D eigenvalue weighted by molar-refractivity contribution is 0.117. The first-order valence-electron chi connectivity index (χ1n) is 8.41. The van der Waals surface area contributed by atoms with Crippen LogP contribution in [0.25, 0.3) is 0 Å². The summed E-state index contributed by atoms with van der Waals surface area (Å²) in [4.78, 5) is 6.94. The SMILES string of the molecule is CN1CCC(C)(Cn2cncc2C2(C)CCNCC2)CC1. The number of rotatable bonds is 3. The molecule has 2 saturated heterocycles. The number of nitrogens with one attached hydrogen (secondary N) is 1. The van der Waals surface area contributed by atoms with Gasteiger partial charge >= 0.3 is 0 Å². The van der Waals surface area contributed by atoms with Gasteiger partial charge in [0, 0.05) is 23.9 Å². The molecule has 4 heteroatoms. The van der Waals surface area contributed by atoms with Gasteiger partial charge < -0.3 is 14.8 Å². The van der Waals surface area contributed by atoms with Crippen molar-refractivity contribution in [1.82, 2.24) is 19.8 Å². The van der Waals surface area contributed by atoms with Crippen LogP contribution >= 0.6 is 0 Å². The predicted octanol–water partition coefficient (Wildman–Crippen LogP) is 2.26. The monoisotopic (exact) mass is 290 g/mol. The highest BCUT2D eigenvalue weighted by molar-refractivity contribution is 5.16. The first-order valence-corrected chi connectivity index (χ1v) is 8.41. The molecule has 0 amide bonds. The van der Waals surface area contributed by atoms with Gasteiger partial charge in [0.25, 0.3) is 0 Å². The van der Waals surface area contributed by atoms with Gasteiger partial charge in [-0.2, -0.15) is 0 Å². The smallest absolute Gasteiger partial charge is 0.0948 e. The van der Waals surface area contributed by atoms with Crippen LogP contribution in [0.4, 0.5) is 0 Å². The molecule has 0 radical (unpaired) electrons. The second-order valence-corrected chi connectivity index (χ2v) is 7.83. The standard InChI is InChI=1S/C17H30N4/c1-16(6-10-20(3)11-7-16)13-21-14-19-12-15(21)17(2)4-8-18-9-5-17/h12,14,18H,4-11,13H2,1-3H3. The van der Waals surface area contributed by atoms with Crippen LogP contribution in [0.3, 0.4) is 0 Å².